The van der Waals surface area contributed by atoms with Gasteiger partial charge in [0.25, 0.3) is 0 Å². The summed E-state index contributed by atoms with van der Waals surface area (Å²) < 4.78 is 0. The number of urea groups is 1. The number of benzene rings is 1. The van der Waals surface area contributed by atoms with Crippen LogP contribution in [0.5, 0.6) is 0 Å². The molecule has 0 aromatic heterocycles. The van der Waals surface area contributed by atoms with Crippen molar-refractivity contribution in [3.63, 3.8) is 0 Å². The van der Waals surface area contributed by atoms with Crippen molar-refractivity contribution >= 4 is 23.8 Å². The molecule has 2 aliphatic rings. The second-order valence-corrected chi connectivity index (χ2v) is 6.27. The van der Waals surface area contributed by atoms with E-state index in [-0.39, 0.29) is 18.2 Å². The zero-order valence-corrected chi connectivity index (χ0v) is 13.5. The maximum Gasteiger partial charge on any atom is 0.335 e. The third kappa shape index (κ3) is 3.62. The zero-order chi connectivity index (χ0) is 18.0. The standard InChI is InChI=1S/C17H19N3O5/c21-14-9-13(18-17(25)19-14)15(22)20-7-5-10(6-8-20)11-3-1-2-4-12(11)16(23)24/h1-4,10,13H,5-9H2,(H,23,24)(H2,18,19,21,25)/t13-/m0/s1. The summed E-state index contributed by atoms with van der Waals surface area (Å²) in [5.41, 5.74) is 1.08. The molecule has 2 aliphatic heterocycles. The maximum atomic E-state index is 12.5. The van der Waals surface area contributed by atoms with Crippen LogP contribution in [0.3, 0.4) is 0 Å². The van der Waals surface area contributed by atoms with Crippen molar-refractivity contribution in [1.29, 1.82) is 0 Å². The lowest BCUT2D eigenvalue weighted by Gasteiger charge is -2.35. The summed E-state index contributed by atoms with van der Waals surface area (Å²) >= 11 is 0. The summed E-state index contributed by atoms with van der Waals surface area (Å²) in [6.45, 7) is 0.927. The topological polar surface area (TPSA) is 116 Å². The van der Waals surface area contributed by atoms with Gasteiger partial charge in [0.1, 0.15) is 6.04 Å². The zero-order valence-electron chi connectivity index (χ0n) is 13.5. The van der Waals surface area contributed by atoms with Crippen molar-refractivity contribution < 1.29 is 24.3 Å². The molecule has 132 valence electrons. The van der Waals surface area contributed by atoms with E-state index in [4.69, 9.17) is 0 Å². The van der Waals surface area contributed by atoms with E-state index in [1.165, 1.54) is 0 Å². The first-order valence-corrected chi connectivity index (χ1v) is 8.17. The van der Waals surface area contributed by atoms with Crippen LogP contribution < -0.4 is 10.6 Å². The van der Waals surface area contributed by atoms with Gasteiger partial charge in [0.2, 0.25) is 11.8 Å². The van der Waals surface area contributed by atoms with Gasteiger partial charge in [-0.2, -0.15) is 0 Å². The summed E-state index contributed by atoms with van der Waals surface area (Å²) in [4.78, 5) is 48.2. The van der Waals surface area contributed by atoms with Crippen LogP contribution in [0, 0.1) is 0 Å². The van der Waals surface area contributed by atoms with E-state index in [1.807, 2.05) is 12.1 Å². The number of amides is 4. The molecule has 1 atom stereocenters. The smallest absolute Gasteiger partial charge is 0.335 e. The lowest BCUT2D eigenvalue weighted by Crippen LogP contribution is -2.58. The fourth-order valence-corrected chi connectivity index (χ4v) is 3.44. The molecule has 0 unspecified atom stereocenters. The predicted molar refractivity (Wildman–Crippen MR) is 87.0 cm³/mol. The molecule has 0 radical (unpaired) electrons. The lowest BCUT2D eigenvalue weighted by molar-refractivity contribution is -0.137. The molecule has 0 bridgehead atoms. The molecule has 0 saturated carbocycles. The summed E-state index contributed by atoms with van der Waals surface area (Å²) in [7, 11) is 0. The van der Waals surface area contributed by atoms with Crippen LogP contribution >= 0.6 is 0 Å². The van der Waals surface area contributed by atoms with Crippen molar-refractivity contribution in [2.45, 2.75) is 31.2 Å². The minimum absolute atomic E-state index is 0.0631. The molecule has 8 heteroatoms. The number of carboxylic acids is 1. The van der Waals surface area contributed by atoms with Crippen LogP contribution in [0.15, 0.2) is 24.3 Å². The first kappa shape index (κ1) is 16.9. The average Bonchev–Trinajstić information content (AvgIpc) is 2.60. The lowest BCUT2D eigenvalue weighted by atomic mass is 9.86. The van der Waals surface area contributed by atoms with E-state index < -0.39 is 23.9 Å². The quantitative estimate of drug-likeness (QED) is 0.745. The molecule has 3 N–H and O–H groups in total. The highest BCUT2D eigenvalue weighted by molar-refractivity contribution is 6.02. The number of carboxylic acid groups (broad SMARTS) is 1. The maximum absolute atomic E-state index is 12.5. The second-order valence-electron chi connectivity index (χ2n) is 6.27. The van der Waals surface area contributed by atoms with E-state index in [9.17, 15) is 24.3 Å². The number of nitrogens with zero attached hydrogens (tertiary/aromatic N) is 1. The molecular formula is C17H19N3O5. The molecular weight excluding hydrogens is 326 g/mol. The van der Waals surface area contributed by atoms with Crippen LogP contribution in [0.2, 0.25) is 0 Å². The molecule has 8 nitrogen and oxygen atoms in total. The number of hydrogen-bond acceptors (Lipinski definition) is 4. The Morgan fingerprint density at radius 1 is 1.12 bits per heavy atom. The van der Waals surface area contributed by atoms with Crippen molar-refractivity contribution in [3.8, 4) is 0 Å². The predicted octanol–water partition coefficient (Wildman–Crippen LogP) is 0.689. The van der Waals surface area contributed by atoms with Gasteiger partial charge in [-0.1, -0.05) is 18.2 Å². The Morgan fingerprint density at radius 2 is 1.80 bits per heavy atom. The minimum Gasteiger partial charge on any atom is -0.478 e. The van der Waals surface area contributed by atoms with Crippen molar-refractivity contribution in [2.75, 3.05) is 13.1 Å². The highest BCUT2D eigenvalue weighted by atomic mass is 16.4. The normalized spacial score (nSPS) is 21.4. The molecule has 25 heavy (non-hydrogen) atoms. The van der Waals surface area contributed by atoms with Gasteiger partial charge < -0.3 is 15.3 Å². The number of carbonyl (C=O) groups excluding carboxylic acids is 3. The summed E-state index contributed by atoms with van der Waals surface area (Å²) in [6.07, 6.45) is 1.22. The SMILES string of the molecule is O=C1C[C@@H](C(=O)N2CCC(c3ccccc3C(=O)O)CC2)NC(=O)N1. The fraction of sp³-hybridized carbons (Fsp3) is 0.412. The van der Waals surface area contributed by atoms with Gasteiger partial charge >= 0.3 is 12.0 Å². The Morgan fingerprint density at radius 3 is 2.44 bits per heavy atom. The van der Waals surface area contributed by atoms with Crippen molar-refractivity contribution in [3.05, 3.63) is 35.4 Å². The molecule has 1 aromatic rings. The molecule has 3 rings (SSSR count). The molecule has 2 fully saturated rings. The molecule has 0 aliphatic carbocycles. The van der Waals surface area contributed by atoms with Crippen molar-refractivity contribution in [2.24, 2.45) is 0 Å². The van der Waals surface area contributed by atoms with Gasteiger partial charge in [-0.3, -0.25) is 14.9 Å². The third-order valence-corrected chi connectivity index (χ3v) is 4.68. The van der Waals surface area contributed by atoms with Crippen molar-refractivity contribution in [1.82, 2.24) is 15.5 Å². The number of imide groups is 1. The Hall–Kier alpha value is -2.90. The number of piperidine rings is 1. The number of likely N-dealkylation sites (tertiary alicyclic amines) is 1. The van der Waals surface area contributed by atoms with Gasteiger partial charge in [-0.15, -0.1) is 0 Å². The van der Waals surface area contributed by atoms with Crippen LogP contribution in [0.4, 0.5) is 4.79 Å². The third-order valence-electron chi connectivity index (χ3n) is 4.68. The van der Waals surface area contributed by atoms with Gasteiger partial charge in [0.15, 0.2) is 0 Å². The van der Waals surface area contributed by atoms with Gasteiger partial charge in [-0.25, -0.2) is 9.59 Å². The molecule has 2 saturated heterocycles. The van der Waals surface area contributed by atoms with E-state index in [2.05, 4.69) is 10.6 Å². The van der Waals surface area contributed by atoms with Crippen LogP contribution in [0.25, 0.3) is 0 Å². The number of carbonyl (C=O) groups is 4. The monoisotopic (exact) mass is 345 g/mol. The van der Waals surface area contributed by atoms with E-state index in [0.29, 0.717) is 31.5 Å². The molecule has 1 aromatic carbocycles. The number of hydrogen-bond donors (Lipinski definition) is 3. The average molecular weight is 345 g/mol. The van der Waals surface area contributed by atoms with Crippen LogP contribution in [0.1, 0.15) is 41.1 Å². The highest BCUT2D eigenvalue weighted by Gasteiger charge is 2.34. The van der Waals surface area contributed by atoms with E-state index >= 15 is 0 Å². The van der Waals surface area contributed by atoms with E-state index in [1.54, 1.807) is 17.0 Å². The highest BCUT2D eigenvalue weighted by Crippen LogP contribution is 2.30. The summed E-state index contributed by atoms with van der Waals surface area (Å²) in [6, 6.07) is 5.43. The van der Waals surface area contributed by atoms with Gasteiger partial charge in [0, 0.05) is 13.1 Å². The number of aromatic carboxylic acids is 1. The van der Waals surface area contributed by atoms with Gasteiger partial charge in [0.05, 0.1) is 12.0 Å². The number of nitrogens with one attached hydrogen (secondary N) is 2. The molecule has 0 spiro atoms. The Balaban J connectivity index is 1.64. The van der Waals surface area contributed by atoms with Gasteiger partial charge in [-0.05, 0) is 30.4 Å². The first-order chi connectivity index (χ1) is 12.0. The fourth-order valence-electron chi connectivity index (χ4n) is 3.44. The van der Waals surface area contributed by atoms with E-state index in [0.717, 1.165) is 5.56 Å². The van der Waals surface area contributed by atoms with Crippen LogP contribution in [-0.4, -0.2) is 53.0 Å². The molecule has 4 amide bonds. The Kier molecular flexibility index (Phi) is 4.69. The second kappa shape index (κ2) is 6.92. The first-order valence-electron chi connectivity index (χ1n) is 8.17. The summed E-state index contributed by atoms with van der Waals surface area (Å²) in [5.74, 6) is -1.62. The van der Waals surface area contributed by atoms with Crippen LogP contribution in [-0.2, 0) is 9.59 Å². The Bertz CT molecular complexity index is 709. The largest absolute Gasteiger partial charge is 0.478 e. The minimum atomic E-state index is -0.954. The summed E-state index contributed by atoms with van der Waals surface area (Å²) in [5, 5.41) is 13.9. The number of rotatable bonds is 3. The Labute approximate surface area is 144 Å². The molecule has 2 heterocycles.